The lowest BCUT2D eigenvalue weighted by molar-refractivity contribution is -0.0397. The lowest BCUT2D eigenvalue weighted by Crippen LogP contribution is -2.55. The topological polar surface area (TPSA) is 51.8 Å². The monoisotopic (exact) mass is 789 g/mol. The van der Waals surface area contributed by atoms with E-state index in [1.54, 1.807) is 5.56 Å². The zero-order chi connectivity index (χ0) is 39.1. The molecule has 0 amide bonds. The lowest BCUT2D eigenvalue weighted by Gasteiger charge is -2.61. The second kappa shape index (κ2) is 12.3. The summed E-state index contributed by atoms with van der Waals surface area (Å²) < 4.78 is 8.89. The van der Waals surface area contributed by atoms with Gasteiger partial charge < -0.3 is 4.42 Å². The molecule has 15 rings (SSSR count). The molecular weight excluding hydrogens is 751 g/mol. The molecule has 0 saturated heterocycles. The van der Waals surface area contributed by atoms with Crippen molar-refractivity contribution in [2.24, 2.45) is 23.7 Å². The van der Waals surface area contributed by atoms with Gasteiger partial charge in [0.05, 0.1) is 0 Å². The van der Waals surface area contributed by atoms with Gasteiger partial charge in [-0.25, -0.2) is 15.0 Å². The Morgan fingerprint density at radius 1 is 0.467 bits per heavy atom. The molecule has 5 heteroatoms. The molecule has 0 aliphatic heterocycles. The van der Waals surface area contributed by atoms with Crippen LogP contribution in [-0.2, 0) is 5.41 Å². The predicted molar refractivity (Wildman–Crippen MR) is 245 cm³/mol. The zero-order valence-corrected chi connectivity index (χ0v) is 33.8. The van der Waals surface area contributed by atoms with Gasteiger partial charge in [0.1, 0.15) is 11.2 Å². The summed E-state index contributed by atoms with van der Waals surface area (Å²) in [6.45, 7) is 0. The minimum Gasteiger partial charge on any atom is -0.456 e. The Morgan fingerprint density at radius 2 is 1.08 bits per heavy atom. The molecule has 5 aliphatic rings. The van der Waals surface area contributed by atoms with Crippen LogP contribution in [-0.4, -0.2) is 15.0 Å². The van der Waals surface area contributed by atoms with Gasteiger partial charge in [-0.15, -0.1) is 11.3 Å². The summed E-state index contributed by atoms with van der Waals surface area (Å²) in [7, 11) is 0. The number of aromatic nitrogens is 3. The standard InChI is InChI=1S/C55H39N3OS/c1-2-10-34(11-3-1)52-56-53(35-20-18-33(19-21-35)36-22-23-40-39-12-5-8-16-45(39)59-46(40)29-36)58-54(57-52)43-30-48-49(42-14-6-9-17-47(42)60-48)50-41-13-4-7-15-44(41)55(51(43)50)37-25-31-24-32(27-37)28-38(55)26-31/h1-23,29-32,37-38H,24-28H2. The molecule has 10 aromatic rings. The Bertz CT molecular complexity index is 3370. The molecule has 0 atom stereocenters. The third-order valence-electron chi connectivity index (χ3n) is 14.9. The Morgan fingerprint density at radius 3 is 1.88 bits per heavy atom. The highest BCUT2D eigenvalue weighted by Gasteiger charge is 2.62. The number of thiophene rings is 1. The fourth-order valence-corrected chi connectivity index (χ4v) is 13.9. The number of benzene rings is 7. The highest BCUT2D eigenvalue weighted by molar-refractivity contribution is 7.26. The Balaban J connectivity index is 0.995. The molecule has 3 heterocycles. The molecule has 3 aromatic heterocycles. The smallest absolute Gasteiger partial charge is 0.164 e. The van der Waals surface area contributed by atoms with Gasteiger partial charge in [0.15, 0.2) is 17.5 Å². The van der Waals surface area contributed by atoms with E-state index < -0.39 is 0 Å². The second-order valence-corrected chi connectivity index (χ2v) is 19.0. The summed E-state index contributed by atoms with van der Waals surface area (Å²) in [5.74, 6) is 5.08. The van der Waals surface area contributed by atoms with Crippen LogP contribution < -0.4 is 0 Å². The van der Waals surface area contributed by atoms with Crippen LogP contribution >= 0.6 is 11.3 Å². The Hall–Kier alpha value is -6.43. The maximum Gasteiger partial charge on any atom is 0.164 e. The first-order valence-corrected chi connectivity index (χ1v) is 22.4. The van der Waals surface area contributed by atoms with E-state index in [2.05, 4.69) is 140 Å². The van der Waals surface area contributed by atoms with Crippen molar-refractivity contribution in [1.82, 2.24) is 15.0 Å². The number of nitrogens with zero attached hydrogens (tertiary/aromatic N) is 3. The van der Waals surface area contributed by atoms with Crippen LogP contribution in [0.15, 0.2) is 156 Å². The fourth-order valence-electron chi connectivity index (χ4n) is 12.8. The van der Waals surface area contributed by atoms with Crippen molar-refractivity contribution in [3.8, 4) is 56.4 Å². The van der Waals surface area contributed by atoms with Crippen LogP contribution in [0.5, 0.6) is 0 Å². The highest BCUT2D eigenvalue weighted by atomic mass is 32.1. The van der Waals surface area contributed by atoms with Gasteiger partial charge in [-0.1, -0.05) is 121 Å². The average molecular weight is 790 g/mol. The maximum absolute atomic E-state index is 6.26. The molecule has 7 aromatic carbocycles. The Labute approximate surface area is 351 Å². The molecule has 1 spiro atoms. The number of rotatable bonds is 4. The SMILES string of the molecule is c1ccc(-c2nc(-c3ccc(-c4ccc5c(c4)oc4ccccc45)cc3)nc(-c3cc4sc5ccccc5c4c4c3C3(c5ccccc5-4)C4CC5CC(C4)CC3C5)n2)cc1. The van der Waals surface area contributed by atoms with Crippen molar-refractivity contribution in [2.45, 2.75) is 37.5 Å². The van der Waals surface area contributed by atoms with Crippen LogP contribution in [0.25, 0.3) is 98.5 Å². The fraction of sp³-hybridized carbons (Fsp3) is 0.182. The first-order valence-electron chi connectivity index (χ1n) is 21.6. The van der Waals surface area contributed by atoms with Gasteiger partial charge in [-0.05, 0) is 119 Å². The van der Waals surface area contributed by atoms with Crippen molar-refractivity contribution >= 4 is 53.4 Å². The molecule has 0 radical (unpaired) electrons. The van der Waals surface area contributed by atoms with Crippen LogP contribution in [0.3, 0.4) is 0 Å². The summed E-state index contributed by atoms with van der Waals surface area (Å²) in [6, 6.07) is 54.9. The first-order chi connectivity index (χ1) is 29.7. The first kappa shape index (κ1) is 33.4. The van der Waals surface area contributed by atoms with E-state index in [-0.39, 0.29) is 5.41 Å². The van der Waals surface area contributed by atoms with Crippen LogP contribution in [0.2, 0.25) is 0 Å². The number of hydrogen-bond acceptors (Lipinski definition) is 5. The normalized spacial score (nSPS) is 22.4. The van der Waals surface area contributed by atoms with Gasteiger partial charge in [-0.2, -0.15) is 0 Å². The molecule has 286 valence electrons. The van der Waals surface area contributed by atoms with Crippen LogP contribution in [0.4, 0.5) is 0 Å². The number of para-hydroxylation sites is 1. The van der Waals surface area contributed by atoms with Crippen molar-refractivity contribution in [3.63, 3.8) is 0 Å². The van der Waals surface area contributed by atoms with Crippen LogP contribution in [0.1, 0.15) is 43.2 Å². The molecule has 0 N–H and O–H groups in total. The number of fused-ring (bicyclic) bond motifs is 10. The van der Waals surface area contributed by atoms with E-state index in [1.165, 1.54) is 74.5 Å². The molecule has 5 aliphatic carbocycles. The van der Waals surface area contributed by atoms with Crippen LogP contribution in [0, 0.1) is 23.7 Å². The van der Waals surface area contributed by atoms with Gasteiger partial charge in [0.25, 0.3) is 0 Å². The molecule has 4 fully saturated rings. The molecule has 4 saturated carbocycles. The lowest BCUT2D eigenvalue weighted by atomic mass is 9.43. The van der Waals surface area contributed by atoms with Crippen molar-refractivity contribution in [2.75, 3.05) is 0 Å². The zero-order valence-electron chi connectivity index (χ0n) is 32.9. The van der Waals surface area contributed by atoms with Gasteiger partial charge >= 0.3 is 0 Å². The van der Waals surface area contributed by atoms with Crippen molar-refractivity contribution in [3.05, 3.63) is 163 Å². The maximum atomic E-state index is 6.26. The second-order valence-electron chi connectivity index (χ2n) is 17.9. The summed E-state index contributed by atoms with van der Waals surface area (Å²) in [6.07, 6.45) is 6.68. The van der Waals surface area contributed by atoms with Gasteiger partial charge in [0.2, 0.25) is 0 Å². The van der Waals surface area contributed by atoms with E-state index in [0.717, 1.165) is 61.9 Å². The quantitative estimate of drug-likeness (QED) is 0.178. The van der Waals surface area contributed by atoms with Gasteiger partial charge in [0, 0.05) is 53.1 Å². The third kappa shape index (κ3) is 4.59. The molecule has 0 unspecified atom stereocenters. The van der Waals surface area contributed by atoms with Crippen molar-refractivity contribution in [1.29, 1.82) is 0 Å². The van der Waals surface area contributed by atoms with E-state index in [1.807, 2.05) is 23.5 Å². The van der Waals surface area contributed by atoms with Crippen molar-refractivity contribution < 1.29 is 4.42 Å². The minimum absolute atomic E-state index is 0.0613. The summed E-state index contributed by atoms with van der Waals surface area (Å²) in [5, 5.41) is 5.04. The molecule has 4 nitrogen and oxygen atoms in total. The van der Waals surface area contributed by atoms with E-state index in [9.17, 15) is 0 Å². The molecule has 4 bridgehead atoms. The Kier molecular flexibility index (Phi) is 6.85. The third-order valence-corrected chi connectivity index (χ3v) is 16.0. The number of furan rings is 1. The molecular formula is C55H39N3OS. The van der Waals surface area contributed by atoms with E-state index in [4.69, 9.17) is 19.4 Å². The summed E-state index contributed by atoms with van der Waals surface area (Å²) in [5.41, 5.74) is 13.0. The van der Waals surface area contributed by atoms with E-state index >= 15 is 0 Å². The molecule has 60 heavy (non-hydrogen) atoms. The highest BCUT2D eigenvalue weighted by Crippen LogP contribution is 2.71. The number of hydrogen-bond donors (Lipinski definition) is 0. The summed E-state index contributed by atoms with van der Waals surface area (Å²) in [4.78, 5) is 16.3. The predicted octanol–water partition coefficient (Wildman–Crippen LogP) is 14.5. The average Bonchev–Trinajstić information content (AvgIpc) is 3.96. The van der Waals surface area contributed by atoms with Gasteiger partial charge in [-0.3, -0.25) is 0 Å². The summed E-state index contributed by atoms with van der Waals surface area (Å²) >= 11 is 1.90. The minimum atomic E-state index is -0.0613. The van der Waals surface area contributed by atoms with E-state index in [0.29, 0.717) is 23.5 Å². The largest absolute Gasteiger partial charge is 0.456 e.